The topological polar surface area (TPSA) is 45.8 Å². The van der Waals surface area contributed by atoms with Crippen LogP contribution in [0.4, 0.5) is 0 Å². The highest BCUT2D eigenvalue weighted by Gasteiger charge is 1.97. The molecule has 0 unspecified atom stereocenters. The number of aromatic amines is 1. The second-order valence-electron chi connectivity index (χ2n) is 3.17. The van der Waals surface area contributed by atoms with Crippen molar-refractivity contribution in [3.63, 3.8) is 0 Å². The molecule has 1 aromatic heterocycles. The van der Waals surface area contributed by atoms with Crippen molar-refractivity contribution in [3.05, 3.63) is 52.7 Å². The molecule has 0 saturated carbocycles. The van der Waals surface area contributed by atoms with Crippen molar-refractivity contribution in [1.29, 1.82) is 0 Å². The first-order chi connectivity index (χ1) is 7.24. The molecule has 0 spiro atoms. The SMILES string of the molecule is Cc1ccc(Sc2cnc(=O)[nH]c2)cc1. The number of rotatable bonds is 2. The Bertz CT molecular complexity index is 484. The molecule has 0 aliphatic carbocycles. The van der Waals surface area contributed by atoms with E-state index in [1.54, 1.807) is 24.2 Å². The van der Waals surface area contributed by atoms with Crippen LogP contribution >= 0.6 is 11.8 Å². The van der Waals surface area contributed by atoms with E-state index in [2.05, 4.69) is 29.0 Å². The van der Waals surface area contributed by atoms with Gasteiger partial charge in [-0.2, -0.15) is 0 Å². The van der Waals surface area contributed by atoms with E-state index in [9.17, 15) is 4.79 Å². The summed E-state index contributed by atoms with van der Waals surface area (Å²) in [5, 5.41) is 0. The third-order valence-corrected chi connectivity index (χ3v) is 2.87. The highest BCUT2D eigenvalue weighted by atomic mass is 32.2. The van der Waals surface area contributed by atoms with Crippen LogP contribution in [0.15, 0.2) is 51.2 Å². The van der Waals surface area contributed by atoms with Crippen LogP contribution in [0.3, 0.4) is 0 Å². The highest BCUT2D eigenvalue weighted by molar-refractivity contribution is 7.99. The fraction of sp³-hybridized carbons (Fsp3) is 0.0909. The van der Waals surface area contributed by atoms with Crippen LogP contribution in [-0.2, 0) is 0 Å². The van der Waals surface area contributed by atoms with Crippen LogP contribution < -0.4 is 5.69 Å². The minimum Gasteiger partial charge on any atom is -0.312 e. The third-order valence-electron chi connectivity index (χ3n) is 1.90. The zero-order valence-electron chi connectivity index (χ0n) is 8.23. The lowest BCUT2D eigenvalue weighted by Crippen LogP contribution is -2.07. The van der Waals surface area contributed by atoms with E-state index in [-0.39, 0.29) is 5.69 Å². The predicted molar refractivity (Wildman–Crippen MR) is 60.2 cm³/mol. The largest absolute Gasteiger partial charge is 0.344 e. The summed E-state index contributed by atoms with van der Waals surface area (Å²) in [6.07, 6.45) is 3.24. The molecule has 2 rings (SSSR count). The summed E-state index contributed by atoms with van der Waals surface area (Å²) in [7, 11) is 0. The molecule has 76 valence electrons. The maximum Gasteiger partial charge on any atom is 0.344 e. The van der Waals surface area contributed by atoms with Crippen LogP contribution in [0, 0.1) is 6.92 Å². The van der Waals surface area contributed by atoms with E-state index in [1.165, 1.54) is 5.56 Å². The minimum atomic E-state index is -0.316. The molecular formula is C11H10N2OS. The van der Waals surface area contributed by atoms with Crippen LogP contribution in [0.1, 0.15) is 5.56 Å². The van der Waals surface area contributed by atoms with Crippen molar-refractivity contribution >= 4 is 11.8 Å². The molecule has 4 heteroatoms. The summed E-state index contributed by atoms with van der Waals surface area (Å²) in [5.74, 6) is 0. The van der Waals surface area contributed by atoms with E-state index >= 15 is 0 Å². The van der Waals surface area contributed by atoms with Gasteiger partial charge in [0.25, 0.3) is 0 Å². The molecule has 15 heavy (non-hydrogen) atoms. The summed E-state index contributed by atoms with van der Waals surface area (Å²) in [4.78, 5) is 19.0. The van der Waals surface area contributed by atoms with Gasteiger partial charge in [-0.05, 0) is 19.1 Å². The average molecular weight is 218 g/mol. The van der Waals surface area contributed by atoms with Gasteiger partial charge in [-0.3, -0.25) is 0 Å². The molecule has 1 heterocycles. The maximum absolute atomic E-state index is 10.7. The number of benzene rings is 1. The normalized spacial score (nSPS) is 10.2. The standard InChI is InChI=1S/C11H10N2OS/c1-8-2-4-9(5-3-8)15-10-6-12-11(14)13-7-10/h2-7H,1H3,(H,12,13,14). The lowest BCUT2D eigenvalue weighted by atomic mass is 10.2. The van der Waals surface area contributed by atoms with E-state index in [0.29, 0.717) is 0 Å². The molecule has 0 atom stereocenters. The van der Waals surface area contributed by atoms with Crippen molar-refractivity contribution in [2.24, 2.45) is 0 Å². The highest BCUT2D eigenvalue weighted by Crippen LogP contribution is 2.25. The molecule has 2 aromatic rings. The third kappa shape index (κ3) is 2.70. The van der Waals surface area contributed by atoms with Gasteiger partial charge < -0.3 is 4.98 Å². The molecule has 0 amide bonds. The monoisotopic (exact) mass is 218 g/mol. The summed E-state index contributed by atoms with van der Waals surface area (Å²) in [6, 6.07) is 8.21. The van der Waals surface area contributed by atoms with Gasteiger partial charge in [0, 0.05) is 22.2 Å². The van der Waals surface area contributed by atoms with Gasteiger partial charge in [-0.15, -0.1) is 0 Å². The van der Waals surface area contributed by atoms with Gasteiger partial charge in [0.05, 0.1) is 0 Å². The van der Waals surface area contributed by atoms with Gasteiger partial charge in [0.15, 0.2) is 0 Å². The van der Waals surface area contributed by atoms with Crippen molar-refractivity contribution < 1.29 is 0 Å². The van der Waals surface area contributed by atoms with Crippen LogP contribution in [0.2, 0.25) is 0 Å². The quantitative estimate of drug-likeness (QED) is 0.840. The van der Waals surface area contributed by atoms with E-state index < -0.39 is 0 Å². The maximum atomic E-state index is 10.7. The zero-order chi connectivity index (χ0) is 10.7. The average Bonchev–Trinajstić information content (AvgIpc) is 2.25. The van der Waals surface area contributed by atoms with Crippen molar-refractivity contribution in [2.45, 2.75) is 16.7 Å². The van der Waals surface area contributed by atoms with Gasteiger partial charge in [-0.1, -0.05) is 29.5 Å². The van der Waals surface area contributed by atoms with Crippen molar-refractivity contribution in [2.75, 3.05) is 0 Å². The molecule has 0 aliphatic rings. The number of hydrogen-bond donors (Lipinski definition) is 1. The molecule has 0 saturated heterocycles. The lowest BCUT2D eigenvalue weighted by molar-refractivity contribution is 1.02. The van der Waals surface area contributed by atoms with Crippen LogP contribution in [0.5, 0.6) is 0 Å². The lowest BCUT2D eigenvalue weighted by Gasteiger charge is -2.00. The number of aryl methyl sites for hydroxylation is 1. The van der Waals surface area contributed by atoms with Gasteiger partial charge in [-0.25, -0.2) is 9.78 Å². The predicted octanol–water partition coefficient (Wildman–Crippen LogP) is 2.23. The van der Waals surface area contributed by atoms with E-state index in [0.717, 1.165) is 9.79 Å². The summed E-state index contributed by atoms with van der Waals surface area (Å²) >= 11 is 1.57. The Morgan fingerprint density at radius 2 is 1.93 bits per heavy atom. The second kappa shape index (κ2) is 4.31. The number of hydrogen-bond acceptors (Lipinski definition) is 3. The second-order valence-corrected chi connectivity index (χ2v) is 4.32. The summed E-state index contributed by atoms with van der Waals surface area (Å²) in [5.41, 5.74) is 0.919. The Kier molecular flexibility index (Phi) is 2.87. The van der Waals surface area contributed by atoms with Gasteiger partial charge >= 0.3 is 5.69 Å². The summed E-state index contributed by atoms with van der Waals surface area (Å²) in [6.45, 7) is 2.05. The molecule has 1 N–H and O–H groups in total. The molecule has 0 aliphatic heterocycles. The Morgan fingerprint density at radius 1 is 1.20 bits per heavy atom. The molecular weight excluding hydrogens is 208 g/mol. The number of nitrogens with one attached hydrogen (secondary N) is 1. The van der Waals surface area contributed by atoms with Gasteiger partial charge in [0.1, 0.15) is 0 Å². The van der Waals surface area contributed by atoms with Crippen molar-refractivity contribution in [1.82, 2.24) is 9.97 Å². The Morgan fingerprint density at radius 3 is 2.53 bits per heavy atom. The Labute approximate surface area is 91.6 Å². The van der Waals surface area contributed by atoms with Gasteiger partial charge in [0.2, 0.25) is 0 Å². The number of aromatic nitrogens is 2. The first kappa shape index (κ1) is 9.98. The molecule has 0 radical (unpaired) electrons. The van der Waals surface area contributed by atoms with E-state index in [1.807, 2.05) is 12.1 Å². The Hall–Kier alpha value is -1.55. The number of nitrogens with zero attached hydrogens (tertiary/aromatic N) is 1. The zero-order valence-corrected chi connectivity index (χ0v) is 9.04. The summed E-state index contributed by atoms with van der Waals surface area (Å²) < 4.78 is 0. The van der Waals surface area contributed by atoms with E-state index in [4.69, 9.17) is 0 Å². The fourth-order valence-electron chi connectivity index (χ4n) is 1.13. The fourth-order valence-corrected chi connectivity index (χ4v) is 1.90. The van der Waals surface area contributed by atoms with Crippen LogP contribution in [0.25, 0.3) is 0 Å². The molecule has 3 nitrogen and oxygen atoms in total. The molecule has 0 fully saturated rings. The van der Waals surface area contributed by atoms with Crippen molar-refractivity contribution in [3.8, 4) is 0 Å². The van der Waals surface area contributed by atoms with Crippen LogP contribution in [-0.4, -0.2) is 9.97 Å². The smallest absolute Gasteiger partial charge is 0.312 e. The minimum absolute atomic E-state index is 0.316. The Balaban J connectivity index is 2.18. The molecule has 0 bridgehead atoms. The first-order valence-corrected chi connectivity index (χ1v) is 5.35. The first-order valence-electron chi connectivity index (χ1n) is 4.53. The number of H-pyrrole nitrogens is 1. The molecule has 1 aromatic carbocycles.